The fourth-order valence-electron chi connectivity index (χ4n) is 6.06. The molecule has 2 aromatic carbocycles. The van der Waals surface area contributed by atoms with Crippen LogP contribution in [0.4, 0.5) is 0 Å². The second-order valence-corrected chi connectivity index (χ2v) is 10.7. The van der Waals surface area contributed by atoms with Crippen LogP contribution in [0.3, 0.4) is 0 Å². The van der Waals surface area contributed by atoms with Gasteiger partial charge in [0.25, 0.3) is 0 Å². The quantitative estimate of drug-likeness (QED) is 0.294. The van der Waals surface area contributed by atoms with Crippen molar-refractivity contribution in [2.45, 2.75) is 75.8 Å². The maximum Gasteiger partial charge on any atom is 0.202 e. The highest BCUT2D eigenvalue weighted by atomic mass is 16.7. The van der Waals surface area contributed by atoms with Gasteiger partial charge < -0.3 is 40.4 Å². The Balaban J connectivity index is 1.67. The van der Waals surface area contributed by atoms with Gasteiger partial charge in [0.15, 0.2) is 12.1 Å². The van der Waals surface area contributed by atoms with Crippen LogP contribution in [0.15, 0.2) is 18.2 Å². The lowest BCUT2D eigenvalue weighted by Gasteiger charge is -2.42. The third-order valence-corrected chi connectivity index (χ3v) is 7.80. The van der Waals surface area contributed by atoms with E-state index >= 15 is 0 Å². The molecule has 2 aromatic rings. The molecule has 6 atom stereocenters. The second kappa shape index (κ2) is 9.68. The second-order valence-electron chi connectivity index (χ2n) is 10.7. The zero-order chi connectivity index (χ0) is 28.4. The van der Waals surface area contributed by atoms with E-state index in [9.17, 15) is 34.8 Å². The average Bonchev–Trinajstić information content (AvgIpc) is 2.86. The summed E-state index contributed by atoms with van der Waals surface area (Å²) >= 11 is 0. The highest BCUT2D eigenvalue weighted by molar-refractivity contribution is 6.31. The van der Waals surface area contributed by atoms with Gasteiger partial charge in [-0.25, -0.2) is 0 Å². The first kappa shape index (κ1) is 27.2. The standard InChI is InChI=1S/C28H31NO10/c1-11(30)8-28(36)9-14-20(17(10-28)39-18-7-15(29)23(31)12(2)38-18)27(35)22-21(25(14)33)24(32)13-5-4-6-16(37-3)19(13)26(22)34/h4-6,12,15,17-18,23,31,33,35-36H,7-10,29H2,1-3H3/t12-,15-,17-,18+,23+,28-/m1/s1. The summed E-state index contributed by atoms with van der Waals surface area (Å²) in [5, 5.41) is 44.5. The van der Waals surface area contributed by atoms with Gasteiger partial charge in [0.2, 0.25) is 5.78 Å². The number of aliphatic hydroxyl groups excluding tert-OH is 1. The third-order valence-electron chi connectivity index (χ3n) is 7.80. The molecule has 5 rings (SSSR count). The Labute approximate surface area is 224 Å². The van der Waals surface area contributed by atoms with E-state index in [0.717, 1.165) is 0 Å². The zero-order valence-electron chi connectivity index (χ0n) is 21.8. The Morgan fingerprint density at radius 2 is 1.85 bits per heavy atom. The van der Waals surface area contributed by atoms with Gasteiger partial charge >= 0.3 is 0 Å². The molecule has 0 unspecified atom stereocenters. The van der Waals surface area contributed by atoms with Gasteiger partial charge in [-0.1, -0.05) is 12.1 Å². The summed E-state index contributed by atoms with van der Waals surface area (Å²) in [7, 11) is 1.35. The number of carbonyl (C=O) groups is 3. The number of ketones is 3. The van der Waals surface area contributed by atoms with Gasteiger partial charge in [0.1, 0.15) is 23.0 Å². The van der Waals surface area contributed by atoms with Crippen molar-refractivity contribution in [1.82, 2.24) is 0 Å². The maximum atomic E-state index is 13.7. The number of rotatable bonds is 5. The van der Waals surface area contributed by atoms with E-state index in [-0.39, 0.29) is 59.5 Å². The normalized spacial score (nSPS) is 29.8. The largest absolute Gasteiger partial charge is 0.507 e. The lowest BCUT2D eigenvalue weighted by atomic mass is 9.71. The summed E-state index contributed by atoms with van der Waals surface area (Å²) in [4.78, 5) is 39.2. The monoisotopic (exact) mass is 541 g/mol. The van der Waals surface area contributed by atoms with Crippen molar-refractivity contribution < 1.29 is 49.0 Å². The summed E-state index contributed by atoms with van der Waals surface area (Å²) in [6.45, 7) is 2.93. The van der Waals surface area contributed by atoms with Crippen LogP contribution < -0.4 is 10.5 Å². The highest BCUT2D eigenvalue weighted by Crippen LogP contribution is 2.53. The molecule has 6 N–H and O–H groups in total. The zero-order valence-corrected chi connectivity index (χ0v) is 21.8. The van der Waals surface area contributed by atoms with Crippen molar-refractivity contribution in [2.75, 3.05) is 7.11 Å². The van der Waals surface area contributed by atoms with Crippen LogP contribution in [0.2, 0.25) is 0 Å². The van der Waals surface area contributed by atoms with Gasteiger partial charge in [-0.15, -0.1) is 0 Å². The van der Waals surface area contributed by atoms with Gasteiger partial charge in [0, 0.05) is 48.4 Å². The number of aromatic hydroxyl groups is 2. The number of phenolic OH excluding ortho intramolecular Hbond substituents is 2. The maximum absolute atomic E-state index is 13.7. The SMILES string of the molecule is COc1cccc2c1C(=O)c1c(O)c3c(c(O)c1C2=O)C[C@](O)(CC(C)=O)C[C@H]3O[C@H]1C[C@@H](N)[C@@H](O)[C@@H](C)O1. The number of nitrogens with two attached hydrogens (primary N) is 1. The summed E-state index contributed by atoms with van der Waals surface area (Å²) in [6, 6.07) is 3.79. The number of benzene rings is 2. The molecule has 0 bridgehead atoms. The Morgan fingerprint density at radius 3 is 2.49 bits per heavy atom. The molecule has 1 heterocycles. The number of fused-ring (bicyclic) bond motifs is 3. The van der Waals surface area contributed by atoms with Crippen LogP contribution in [-0.2, 0) is 20.7 Å². The molecule has 1 saturated heterocycles. The Morgan fingerprint density at radius 1 is 1.15 bits per heavy atom. The molecule has 1 fully saturated rings. The minimum Gasteiger partial charge on any atom is -0.507 e. The minimum atomic E-state index is -1.69. The minimum absolute atomic E-state index is 0.00115. The van der Waals surface area contributed by atoms with Crippen LogP contribution in [0.25, 0.3) is 0 Å². The molecule has 3 aliphatic rings. The molecule has 208 valence electrons. The molecule has 0 radical (unpaired) electrons. The van der Waals surface area contributed by atoms with Crippen molar-refractivity contribution in [2.24, 2.45) is 5.73 Å². The molecular formula is C28H31NO10. The van der Waals surface area contributed by atoms with E-state index in [4.69, 9.17) is 19.9 Å². The molecule has 39 heavy (non-hydrogen) atoms. The highest BCUT2D eigenvalue weighted by Gasteiger charge is 2.48. The van der Waals surface area contributed by atoms with Crippen molar-refractivity contribution in [3.63, 3.8) is 0 Å². The van der Waals surface area contributed by atoms with Crippen LogP contribution in [0.5, 0.6) is 17.2 Å². The average molecular weight is 542 g/mol. The predicted octanol–water partition coefficient (Wildman–Crippen LogP) is 1.42. The smallest absolute Gasteiger partial charge is 0.202 e. The van der Waals surface area contributed by atoms with Crippen molar-refractivity contribution >= 4 is 17.3 Å². The number of Topliss-reactive ketones (excluding diaryl/α,β-unsaturated/α-hetero) is 1. The number of phenols is 2. The van der Waals surface area contributed by atoms with Crippen molar-refractivity contribution in [3.05, 3.63) is 51.6 Å². The molecule has 1 aliphatic heterocycles. The summed E-state index contributed by atoms with van der Waals surface area (Å²) in [5.74, 6) is -2.75. The predicted molar refractivity (Wildman–Crippen MR) is 135 cm³/mol. The summed E-state index contributed by atoms with van der Waals surface area (Å²) in [6.07, 6.45) is -4.38. The van der Waals surface area contributed by atoms with E-state index in [1.807, 2.05) is 0 Å². The van der Waals surface area contributed by atoms with Crippen LogP contribution >= 0.6 is 0 Å². The third kappa shape index (κ3) is 4.40. The summed E-state index contributed by atoms with van der Waals surface area (Å²) in [5.41, 5.74) is 3.52. The number of hydrogen-bond donors (Lipinski definition) is 5. The Hall–Kier alpha value is -3.35. The Kier molecular flexibility index (Phi) is 6.76. The van der Waals surface area contributed by atoms with Crippen molar-refractivity contribution in [3.8, 4) is 17.2 Å². The van der Waals surface area contributed by atoms with E-state index in [1.165, 1.54) is 32.2 Å². The van der Waals surface area contributed by atoms with Crippen LogP contribution in [-0.4, -0.2) is 75.0 Å². The van der Waals surface area contributed by atoms with Crippen LogP contribution in [0.1, 0.15) is 82.2 Å². The Bertz CT molecular complexity index is 1380. The number of carbonyl (C=O) groups excluding carboxylic acids is 3. The molecule has 11 nitrogen and oxygen atoms in total. The molecule has 0 saturated carbocycles. The molecule has 11 heteroatoms. The first-order chi connectivity index (χ1) is 18.4. The molecule has 0 spiro atoms. The first-order valence-corrected chi connectivity index (χ1v) is 12.7. The molecular weight excluding hydrogens is 510 g/mol. The van der Waals surface area contributed by atoms with E-state index < -0.39 is 70.4 Å². The molecule has 0 aromatic heterocycles. The number of hydrogen-bond acceptors (Lipinski definition) is 11. The summed E-state index contributed by atoms with van der Waals surface area (Å²) < 4.78 is 17.2. The van der Waals surface area contributed by atoms with E-state index in [2.05, 4.69) is 0 Å². The fourth-order valence-corrected chi connectivity index (χ4v) is 6.06. The van der Waals surface area contributed by atoms with E-state index in [1.54, 1.807) is 6.92 Å². The number of ether oxygens (including phenoxy) is 3. The molecule has 0 amide bonds. The fraction of sp³-hybridized carbons (Fsp3) is 0.464. The molecule has 2 aliphatic carbocycles. The van der Waals surface area contributed by atoms with Gasteiger partial charge in [-0.3, -0.25) is 14.4 Å². The van der Waals surface area contributed by atoms with Crippen LogP contribution in [0, 0.1) is 0 Å². The lowest BCUT2D eigenvalue weighted by Crippen LogP contribution is -2.52. The van der Waals surface area contributed by atoms with Gasteiger partial charge in [0.05, 0.1) is 47.7 Å². The first-order valence-electron chi connectivity index (χ1n) is 12.7. The van der Waals surface area contributed by atoms with Crippen molar-refractivity contribution in [1.29, 1.82) is 0 Å². The van der Waals surface area contributed by atoms with Gasteiger partial charge in [-0.2, -0.15) is 0 Å². The van der Waals surface area contributed by atoms with Gasteiger partial charge in [-0.05, 0) is 19.9 Å². The lowest BCUT2D eigenvalue weighted by molar-refractivity contribution is -0.247. The number of methoxy groups -OCH3 is 1. The number of aliphatic hydroxyl groups is 2. The topological polar surface area (TPSA) is 186 Å². The van der Waals surface area contributed by atoms with E-state index in [0.29, 0.717) is 0 Å².